The second kappa shape index (κ2) is 6.97. The number of sulfonamides is 1. The Bertz CT molecular complexity index is 776. The van der Waals surface area contributed by atoms with E-state index in [4.69, 9.17) is 11.6 Å². The van der Waals surface area contributed by atoms with E-state index in [9.17, 15) is 17.9 Å². The topological polar surface area (TPSA) is 66.4 Å². The summed E-state index contributed by atoms with van der Waals surface area (Å²) in [6, 6.07) is 11.9. The molecule has 23 heavy (non-hydrogen) atoms. The van der Waals surface area contributed by atoms with Gasteiger partial charge in [0.15, 0.2) is 0 Å². The molecule has 2 N–H and O–H groups in total. The highest BCUT2D eigenvalue weighted by atomic mass is 35.5. The third kappa shape index (κ3) is 5.00. The van der Waals surface area contributed by atoms with Gasteiger partial charge in [0.05, 0.1) is 5.75 Å². The third-order valence-electron chi connectivity index (χ3n) is 3.41. The molecule has 1 unspecified atom stereocenters. The largest absolute Gasteiger partial charge is 0.384 e. The highest BCUT2D eigenvalue weighted by Gasteiger charge is 2.26. The molecule has 0 heterocycles. The summed E-state index contributed by atoms with van der Waals surface area (Å²) < 4.78 is 39.6. The smallest absolute Gasteiger partial charge is 0.215 e. The van der Waals surface area contributed by atoms with Crippen LogP contribution in [-0.2, 0) is 21.4 Å². The first-order valence-electron chi connectivity index (χ1n) is 6.89. The Kier molecular flexibility index (Phi) is 5.41. The minimum atomic E-state index is -3.68. The predicted octanol–water partition coefficient (Wildman–Crippen LogP) is 2.81. The summed E-state index contributed by atoms with van der Waals surface area (Å²) >= 11 is 5.95. The maximum Gasteiger partial charge on any atom is 0.215 e. The molecular formula is C16H17ClFNO3S. The van der Waals surface area contributed by atoms with E-state index in [1.54, 1.807) is 24.3 Å². The van der Waals surface area contributed by atoms with Crippen LogP contribution in [0.5, 0.6) is 0 Å². The molecule has 2 rings (SSSR count). The van der Waals surface area contributed by atoms with Gasteiger partial charge in [-0.3, -0.25) is 0 Å². The zero-order chi connectivity index (χ0) is 17.1. The molecule has 0 bridgehead atoms. The van der Waals surface area contributed by atoms with Crippen LogP contribution in [0.2, 0.25) is 5.02 Å². The molecule has 7 heteroatoms. The molecule has 0 saturated carbocycles. The maximum absolute atomic E-state index is 12.9. The summed E-state index contributed by atoms with van der Waals surface area (Å²) in [5.74, 6) is -0.713. The molecule has 0 aliphatic heterocycles. The van der Waals surface area contributed by atoms with Crippen LogP contribution in [0.4, 0.5) is 4.39 Å². The Labute approximate surface area is 140 Å². The van der Waals surface area contributed by atoms with Crippen molar-refractivity contribution in [2.24, 2.45) is 0 Å². The molecule has 0 aliphatic rings. The number of rotatable bonds is 6. The molecule has 1 atom stereocenters. The van der Waals surface area contributed by atoms with Crippen molar-refractivity contribution in [3.63, 3.8) is 0 Å². The van der Waals surface area contributed by atoms with Gasteiger partial charge >= 0.3 is 0 Å². The van der Waals surface area contributed by atoms with Gasteiger partial charge in [-0.05, 0) is 36.2 Å². The minimum Gasteiger partial charge on any atom is -0.384 e. The van der Waals surface area contributed by atoms with E-state index in [0.717, 1.165) is 0 Å². The molecule has 0 aromatic heterocycles. The van der Waals surface area contributed by atoms with E-state index in [1.807, 2.05) is 0 Å². The molecule has 124 valence electrons. The normalized spacial score (nSPS) is 14.4. The lowest BCUT2D eigenvalue weighted by molar-refractivity contribution is 0.0627. The fourth-order valence-corrected chi connectivity index (χ4v) is 3.58. The number of aliphatic hydroxyl groups is 1. The molecule has 0 radical (unpaired) electrons. The standard InChI is InChI=1S/C16H17ClFNO3S/c1-16(20,13-6-8-14(18)9-7-13)11-19-23(21,22)10-12-4-2-3-5-15(12)17/h2-9,19-20H,10-11H2,1H3. The Morgan fingerprint density at radius 3 is 2.39 bits per heavy atom. The minimum absolute atomic E-state index is 0.231. The van der Waals surface area contributed by atoms with Crippen LogP contribution in [-0.4, -0.2) is 20.1 Å². The number of benzene rings is 2. The van der Waals surface area contributed by atoms with Crippen molar-refractivity contribution in [1.29, 1.82) is 0 Å². The van der Waals surface area contributed by atoms with Crippen molar-refractivity contribution >= 4 is 21.6 Å². The van der Waals surface area contributed by atoms with Crippen molar-refractivity contribution < 1.29 is 17.9 Å². The highest BCUT2D eigenvalue weighted by Crippen LogP contribution is 2.21. The van der Waals surface area contributed by atoms with Crippen LogP contribution >= 0.6 is 11.6 Å². The van der Waals surface area contributed by atoms with E-state index >= 15 is 0 Å². The van der Waals surface area contributed by atoms with Crippen molar-refractivity contribution in [3.8, 4) is 0 Å². The van der Waals surface area contributed by atoms with Crippen LogP contribution < -0.4 is 4.72 Å². The Hall–Kier alpha value is -1.47. The predicted molar refractivity (Wildman–Crippen MR) is 88.0 cm³/mol. The van der Waals surface area contributed by atoms with Gasteiger partial charge in [0.2, 0.25) is 10.0 Å². The van der Waals surface area contributed by atoms with E-state index in [1.165, 1.54) is 31.2 Å². The molecule has 0 amide bonds. The van der Waals surface area contributed by atoms with Crippen molar-refractivity contribution in [2.75, 3.05) is 6.54 Å². The zero-order valence-corrected chi connectivity index (χ0v) is 14.0. The van der Waals surface area contributed by atoms with Crippen LogP contribution in [0.15, 0.2) is 48.5 Å². The summed E-state index contributed by atoms with van der Waals surface area (Å²) in [5.41, 5.74) is -0.566. The fraction of sp³-hybridized carbons (Fsp3) is 0.250. The third-order valence-corrected chi connectivity index (χ3v) is 5.05. The first kappa shape index (κ1) is 17.9. The van der Waals surface area contributed by atoms with Crippen molar-refractivity contribution in [2.45, 2.75) is 18.3 Å². The average molecular weight is 358 g/mol. The van der Waals surface area contributed by atoms with Gasteiger partial charge in [-0.15, -0.1) is 0 Å². The zero-order valence-electron chi connectivity index (χ0n) is 12.5. The number of hydrogen-bond donors (Lipinski definition) is 2. The fourth-order valence-electron chi connectivity index (χ4n) is 2.03. The second-order valence-corrected chi connectivity index (χ2v) is 7.67. The highest BCUT2D eigenvalue weighted by molar-refractivity contribution is 7.88. The number of nitrogens with one attached hydrogen (secondary N) is 1. The molecule has 0 aliphatic carbocycles. The second-order valence-electron chi connectivity index (χ2n) is 5.45. The summed E-state index contributed by atoms with van der Waals surface area (Å²) in [6.45, 7) is 1.23. The first-order chi connectivity index (χ1) is 10.7. The SMILES string of the molecule is CC(O)(CNS(=O)(=O)Cc1ccccc1Cl)c1ccc(F)cc1. The molecule has 4 nitrogen and oxygen atoms in total. The summed E-state index contributed by atoms with van der Waals surface area (Å²) in [7, 11) is -3.68. The lowest BCUT2D eigenvalue weighted by Crippen LogP contribution is -2.39. The lowest BCUT2D eigenvalue weighted by atomic mass is 9.96. The average Bonchev–Trinajstić information content (AvgIpc) is 2.48. The molecule has 0 saturated heterocycles. The first-order valence-corrected chi connectivity index (χ1v) is 8.92. The molecular weight excluding hydrogens is 341 g/mol. The number of hydrogen-bond acceptors (Lipinski definition) is 3. The molecule has 0 spiro atoms. The maximum atomic E-state index is 12.9. The van der Waals surface area contributed by atoms with E-state index in [-0.39, 0.29) is 12.3 Å². The Morgan fingerprint density at radius 2 is 1.78 bits per heavy atom. The van der Waals surface area contributed by atoms with Crippen LogP contribution in [0.1, 0.15) is 18.1 Å². The van der Waals surface area contributed by atoms with E-state index in [2.05, 4.69) is 4.72 Å². The Morgan fingerprint density at radius 1 is 1.17 bits per heavy atom. The quantitative estimate of drug-likeness (QED) is 0.835. The van der Waals surface area contributed by atoms with Gasteiger partial charge in [-0.1, -0.05) is 41.9 Å². The van der Waals surface area contributed by atoms with Crippen LogP contribution in [0, 0.1) is 5.82 Å². The van der Waals surface area contributed by atoms with Gasteiger partial charge in [0.25, 0.3) is 0 Å². The molecule has 2 aromatic rings. The lowest BCUT2D eigenvalue weighted by Gasteiger charge is -2.24. The Balaban J connectivity index is 2.06. The summed E-state index contributed by atoms with van der Waals surface area (Å²) in [4.78, 5) is 0. The van der Waals surface area contributed by atoms with Crippen LogP contribution in [0.25, 0.3) is 0 Å². The van der Waals surface area contributed by atoms with Gasteiger partial charge in [0, 0.05) is 11.6 Å². The number of halogens is 2. The molecule has 0 fully saturated rings. The van der Waals surface area contributed by atoms with Crippen molar-refractivity contribution in [1.82, 2.24) is 4.72 Å². The monoisotopic (exact) mass is 357 g/mol. The summed E-state index contributed by atoms with van der Waals surface area (Å²) in [5, 5.41) is 10.7. The molecule has 2 aromatic carbocycles. The summed E-state index contributed by atoms with van der Waals surface area (Å²) in [6.07, 6.45) is 0. The van der Waals surface area contributed by atoms with Gasteiger partial charge in [-0.2, -0.15) is 0 Å². The van der Waals surface area contributed by atoms with Gasteiger partial charge < -0.3 is 5.11 Å². The van der Waals surface area contributed by atoms with Gasteiger partial charge in [0.1, 0.15) is 11.4 Å². The van der Waals surface area contributed by atoms with E-state index in [0.29, 0.717) is 16.1 Å². The van der Waals surface area contributed by atoms with E-state index < -0.39 is 21.4 Å². The van der Waals surface area contributed by atoms with Crippen molar-refractivity contribution in [3.05, 3.63) is 70.5 Å². The van der Waals surface area contributed by atoms with Gasteiger partial charge in [-0.25, -0.2) is 17.5 Å². The van der Waals surface area contributed by atoms with Crippen LogP contribution in [0.3, 0.4) is 0 Å².